The summed E-state index contributed by atoms with van der Waals surface area (Å²) in [7, 11) is 1.40. The standard InChI is InChI=1S/C7H7N3O3/c1-3-6(11)5-4-8-7(9(5)2)10(12)13/h3-4H,1H2,2H3. The summed E-state index contributed by atoms with van der Waals surface area (Å²) in [6.45, 7) is 3.27. The largest absolute Gasteiger partial charge is 0.434 e. The van der Waals surface area contributed by atoms with Crippen LogP contribution in [0.15, 0.2) is 18.9 Å². The number of nitrogens with zero attached hydrogens (tertiary/aromatic N) is 3. The summed E-state index contributed by atoms with van der Waals surface area (Å²) in [4.78, 5) is 24.2. The van der Waals surface area contributed by atoms with Crippen LogP contribution in [0, 0.1) is 10.1 Å². The molecule has 0 bridgehead atoms. The van der Waals surface area contributed by atoms with E-state index in [4.69, 9.17) is 0 Å². The van der Waals surface area contributed by atoms with Crippen molar-refractivity contribution in [3.63, 3.8) is 0 Å². The van der Waals surface area contributed by atoms with Gasteiger partial charge in [-0.2, -0.15) is 0 Å². The van der Waals surface area contributed by atoms with Gasteiger partial charge >= 0.3 is 5.95 Å². The fraction of sp³-hybridized carbons (Fsp3) is 0.143. The first kappa shape index (κ1) is 9.11. The van der Waals surface area contributed by atoms with Crippen LogP contribution in [-0.4, -0.2) is 20.3 Å². The number of imidazole rings is 1. The number of rotatable bonds is 3. The van der Waals surface area contributed by atoms with E-state index in [0.717, 1.165) is 16.8 Å². The van der Waals surface area contributed by atoms with Gasteiger partial charge in [-0.3, -0.25) is 4.79 Å². The van der Waals surface area contributed by atoms with Crippen LogP contribution in [0.5, 0.6) is 0 Å². The van der Waals surface area contributed by atoms with Crippen molar-refractivity contribution in [1.82, 2.24) is 9.55 Å². The zero-order valence-electron chi connectivity index (χ0n) is 6.93. The zero-order chi connectivity index (χ0) is 10.0. The fourth-order valence-corrected chi connectivity index (χ4v) is 0.903. The molecule has 0 aliphatic carbocycles. The van der Waals surface area contributed by atoms with Gasteiger partial charge in [0.1, 0.15) is 6.20 Å². The van der Waals surface area contributed by atoms with Crippen LogP contribution < -0.4 is 0 Å². The van der Waals surface area contributed by atoms with E-state index < -0.39 is 4.92 Å². The molecule has 1 rings (SSSR count). The number of carbonyl (C=O) groups excluding carboxylic acids is 1. The summed E-state index contributed by atoms with van der Waals surface area (Å²) >= 11 is 0. The van der Waals surface area contributed by atoms with E-state index in [9.17, 15) is 14.9 Å². The molecule has 0 fully saturated rings. The van der Waals surface area contributed by atoms with Gasteiger partial charge in [-0.15, -0.1) is 0 Å². The topological polar surface area (TPSA) is 78.0 Å². The van der Waals surface area contributed by atoms with Crippen molar-refractivity contribution in [3.05, 3.63) is 34.7 Å². The molecule has 6 nitrogen and oxygen atoms in total. The minimum atomic E-state index is -0.653. The highest BCUT2D eigenvalue weighted by molar-refractivity contribution is 6.02. The lowest BCUT2D eigenvalue weighted by Crippen LogP contribution is -2.05. The number of hydrogen-bond acceptors (Lipinski definition) is 4. The lowest BCUT2D eigenvalue weighted by molar-refractivity contribution is -0.396. The Morgan fingerprint density at radius 3 is 2.85 bits per heavy atom. The van der Waals surface area contributed by atoms with E-state index in [1.54, 1.807) is 0 Å². The van der Waals surface area contributed by atoms with Gasteiger partial charge in [0.2, 0.25) is 5.78 Å². The third-order valence-electron chi connectivity index (χ3n) is 1.56. The molecular weight excluding hydrogens is 174 g/mol. The number of carbonyl (C=O) groups is 1. The summed E-state index contributed by atoms with van der Waals surface area (Å²) < 4.78 is 1.12. The average molecular weight is 181 g/mol. The molecule has 0 aliphatic rings. The summed E-state index contributed by atoms with van der Waals surface area (Å²) in [6, 6.07) is 0. The van der Waals surface area contributed by atoms with E-state index in [2.05, 4.69) is 11.6 Å². The smallest absolute Gasteiger partial charge is 0.390 e. The summed E-state index contributed by atoms with van der Waals surface area (Å²) in [5.74, 6) is -0.742. The number of hydrogen-bond donors (Lipinski definition) is 0. The predicted octanol–water partition coefficient (Wildman–Crippen LogP) is 0.697. The monoisotopic (exact) mass is 181 g/mol. The van der Waals surface area contributed by atoms with Gasteiger partial charge in [0.25, 0.3) is 0 Å². The zero-order valence-corrected chi connectivity index (χ0v) is 6.93. The van der Waals surface area contributed by atoms with Gasteiger partial charge in [0.05, 0.1) is 7.05 Å². The van der Waals surface area contributed by atoms with Gasteiger partial charge in [-0.05, 0) is 11.0 Å². The molecule has 0 aromatic carbocycles. The first-order chi connectivity index (χ1) is 6.07. The molecular formula is C7H7N3O3. The van der Waals surface area contributed by atoms with Crippen LogP contribution in [0.2, 0.25) is 0 Å². The van der Waals surface area contributed by atoms with Crippen molar-refractivity contribution in [2.24, 2.45) is 7.05 Å². The van der Waals surface area contributed by atoms with E-state index >= 15 is 0 Å². The lowest BCUT2D eigenvalue weighted by atomic mass is 10.3. The lowest BCUT2D eigenvalue weighted by Gasteiger charge is -1.95. The molecule has 0 saturated carbocycles. The Balaban J connectivity index is 3.21. The van der Waals surface area contributed by atoms with Crippen molar-refractivity contribution in [2.45, 2.75) is 0 Å². The number of aromatic nitrogens is 2. The van der Waals surface area contributed by atoms with Crippen molar-refractivity contribution in [2.75, 3.05) is 0 Å². The molecule has 0 unspecified atom stereocenters. The first-order valence-corrected chi connectivity index (χ1v) is 3.40. The van der Waals surface area contributed by atoms with Crippen LogP contribution in [0.1, 0.15) is 10.5 Å². The van der Waals surface area contributed by atoms with Crippen LogP contribution in [0.25, 0.3) is 0 Å². The molecule has 6 heteroatoms. The molecule has 0 spiro atoms. The van der Waals surface area contributed by atoms with E-state index in [1.165, 1.54) is 7.05 Å². The molecule has 1 aromatic heterocycles. The third-order valence-corrected chi connectivity index (χ3v) is 1.56. The fourth-order valence-electron chi connectivity index (χ4n) is 0.903. The number of nitro groups is 1. The molecule has 0 radical (unpaired) electrons. The van der Waals surface area contributed by atoms with Crippen LogP contribution in [0.3, 0.4) is 0 Å². The van der Waals surface area contributed by atoms with E-state index in [0.29, 0.717) is 0 Å². The quantitative estimate of drug-likeness (QED) is 0.297. The van der Waals surface area contributed by atoms with E-state index in [-0.39, 0.29) is 17.4 Å². The third kappa shape index (κ3) is 1.46. The SMILES string of the molecule is C=CC(=O)c1cnc([N+](=O)[O-])n1C. The summed E-state index contributed by atoms with van der Waals surface area (Å²) in [5, 5.41) is 10.3. The number of ketones is 1. The second-order valence-corrected chi connectivity index (χ2v) is 2.33. The molecule has 13 heavy (non-hydrogen) atoms. The summed E-state index contributed by atoms with van der Waals surface area (Å²) in [6.07, 6.45) is 2.24. The molecule has 68 valence electrons. The van der Waals surface area contributed by atoms with Crippen LogP contribution in [0.4, 0.5) is 5.95 Å². The molecule has 1 aromatic rings. The maximum atomic E-state index is 11.1. The molecule has 1 heterocycles. The Hall–Kier alpha value is -1.98. The Labute approximate surface area is 73.7 Å². The molecule has 0 N–H and O–H groups in total. The predicted molar refractivity (Wildman–Crippen MR) is 44.4 cm³/mol. The minimum absolute atomic E-state index is 0.154. The van der Waals surface area contributed by atoms with Gasteiger partial charge < -0.3 is 10.1 Å². The van der Waals surface area contributed by atoms with Crippen molar-refractivity contribution in [3.8, 4) is 0 Å². The molecule has 0 aliphatic heterocycles. The maximum Gasteiger partial charge on any atom is 0.434 e. The second-order valence-electron chi connectivity index (χ2n) is 2.33. The maximum absolute atomic E-state index is 11.1. The van der Waals surface area contributed by atoms with Crippen molar-refractivity contribution < 1.29 is 9.72 Å². The molecule has 0 amide bonds. The average Bonchev–Trinajstić information content (AvgIpc) is 2.46. The van der Waals surface area contributed by atoms with Crippen molar-refractivity contribution in [1.29, 1.82) is 0 Å². The van der Waals surface area contributed by atoms with Crippen LogP contribution >= 0.6 is 0 Å². The van der Waals surface area contributed by atoms with Gasteiger partial charge in [0, 0.05) is 0 Å². The minimum Gasteiger partial charge on any atom is -0.390 e. The first-order valence-electron chi connectivity index (χ1n) is 3.40. The van der Waals surface area contributed by atoms with Crippen molar-refractivity contribution >= 4 is 11.7 Å². The van der Waals surface area contributed by atoms with E-state index in [1.807, 2.05) is 0 Å². The van der Waals surface area contributed by atoms with Gasteiger partial charge in [-0.1, -0.05) is 11.6 Å². The Kier molecular flexibility index (Phi) is 2.23. The second kappa shape index (κ2) is 3.18. The van der Waals surface area contributed by atoms with Gasteiger partial charge in [0.15, 0.2) is 5.69 Å². The highest BCUT2D eigenvalue weighted by Crippen LogP contribution is 2.10. The molecule has 0 atom stereocenters. The Morgan fingerprint density at radius 1 is 1.85 bits per heavy atom. The normalized spacial score (nSPS) is 9.62. The molecule has 0 saturated heterocycles. The highest BCUT2D eigenvalue weighted by atomic mass is 16.6. The highest BCUT2D eigenvalue weighted by Gasteiger charge is 2.20. The van der Waals surface area contributed by atoms with Crippen LogP contribution in [-0.2, 0) is 7.05 Å². The Morgan fingerprint density at radius 2 is 2.46 bits per heavy atom. The van der Waals surface area contributed by atoms with Gasteiger partial charge in [-0.25, -0.2) is 4.57 Å². The Bertz CT molecular complexity index is 380. The summed E-state index contributed by atoms with van der Waals surface area (Å²) in [5.41, 5.74) is 0.154. The number of allylic oxidation sites excluding steroid dienone is 1.